The van der Waals surface area contributed by atoms with Gasteiger partial charge in [0, 0.05) is 0 Å². The van der Waals surface area contributed by atoms with Gasteiger partial charge in [-0.05, 0) is 17.7 Å². The summed E-state index contributed by atoms with van der Waals surface area (Å²) >= 11 is 0. The molecule has 0 saturated heterocycles. The van der Waals surface area contributed by atoms with Gasteiger partial charge >= 0.3 is 6.18 Å². The summed E-state index contributed by atoms with van der Waals surface area (Å²) in [7, 11) is 1.49. The van der Waals surface area contributed by atoms with Crippen LogP contribution in [-0.2, 0) is 4.74 Å². The zero-order valence-electron chi connectivity index (χ0n) is 9.91. The van der Waals surface area contributed by atoms with Crippen LogP contribution in [0.4, 0.5) is 13.2 Å². The van der Waals surface area contributed by atoms with Gasteiger partial charge in [-0.2, -0.15) is 13.2 Å². The summed E-state index contributed by atoms with van der Waals surface area (Å²) in [4.78, 5) is 0. The van der Waals surface area contributed by atoms with Crippen LogP contribution in [0.5, 0.6) is 5.75 Å². The summed E-state index contributed by atoms with van der Waals surface area (Å²) in [6.07, 6.45) is -6.22. The van der Waals surface area contributed by atoms with Gasteiger partial charge in [0.15, 0.2) is 0 Å². The molecule has 0 spiro atoms. The van der Waals surface area contributed by atoms with Gasteiger partial charge in [-0.15, -0.1) is 0 Å². The van der Waals surface area contributed by atoms with Gasteiger partial charge in [0.2, 0.25) is 0 Å². The largest absolute Gasteiger partial charge is 0.497 e. The lowest BCUT2D eigenvalue weighted by atomic mass is 10.1. The van der Waals surface area contributed by atoms with Crippen molar-refractivity contribution in [1.82, 2.24) is 0 Å². The zero-order chi connectivity index (χ0) is 13.6. The molecule has 0 radical (unpaired) electrons. The summed E-state index contributed by atoms with van der Waals surface area (Å²) in [6.45, 7) is -0.631. The van der Waals surface area contributed by atoms with Crippen molar-refractivity contribution in [1.29, 1.82) is 0 Å². The molecular weight excluding hydrogens is 249 g/mol. The van der Waals surface area contributed by atoms with E-state index in [4.69, 9.17) is 9.47 Å². The number of aliphatic hydroxyl groups is 1. The topological polar surface area (TPSA) is 38.7 Å². The molecule has 1 rings (SSSR count). The summed E-state index contributed by atoms with van der Waals surface area (Å²) < 4.78 is 45.3. The van der Waals surface area contributed by atoms with Gasteiger partial charge in [0.1, 0.15) is 11.9 Å². The molecule has 0 saturated carbocycles. The first kappa shape index (κ1) is 14.8. The fraction of sp³-hybridized carbons (Fsp3) is 0.500. The van der Waals surface area contributed by atoms with Crippen LogP contribution in [0.25, 0.3) is 0 Å². The molecular formula is C12H15F3O3. The molecule has 102 valence electrons. The first-order chi connectivity index (χ1) is 8.42. The van der Waals surface area contributed by atoms with Gasteiger partial charge in [0.25, 0.3) is 0 Å². The lowest BCUT2D eigenvalue weighted by molar-refractivity contribution is -0.147. The Kier molecular flexibility index (Phi) is 5.43. The predicted octanol–water partition coefficient (Wildman–Crippen LogP) is 2.70. The van der Waals surface area contributed by atoms with Gasteiger partial charge < -0.3 is 14.6 Å². The van der Waals surface area contributed by atoms with Gasteiger partial charge in [-0.25, -0.2) is 0 Å². The van der Waals surface area contributed by atoms with Crippen LogP contribution in [0, 0.1) is 0 Å². The first-order valence-corrected chi connectivity index (χ1v) is 5.39. The van der Waals surface area contributed by atoms with E-state index in [2.05, 4.69) is 0 Å². The number of ether oxygens (including phenoxy) is 2. The van der Waals surface area contributed by atoms with E-state index in [1.54, 1.807) is 24.3 Å². The lowest BCUT2D eigenvalue weighted by Gasteiger charge is -2.13. The minimum absolute atomic E-state index is 0.177. The molecule has 0 aromatic heterocycles. The van der Waals surface area contributed by atoms with E-state index in [1.807, 2.05) is 0 Å². The highest BCUT2D eigenvalue weighted by molar-refractivity contribution is 5.29. The fourth-order valence-corrected chi connectivity index (χ4v) is 1.33. The average Bonchev–Trinajstić information content (AvgIpc) is 2.33. The van der Waals surface area contributed by atoms with Crippen molar-refractivity contribution in [3.05, 3.63) is 29.8 Å². The highest BCUT2D eigenvalue weighted by Crippen LogP contribution is 2.21. The molecule has 1 N–H and O–H groups in total. The number of aliphatic hydroxyl groups excluding tert-OH is 1. The molecule has 1 atom stereocenters. The normalized spacial score (nSPS) is 13.4. The number of halogens is 3. The van der Waals surface area contributed by atoms with Crippen molar-refractivity contribution in [3.8, 4) is 5.75 Å². The Balaban J connectivity index is 2.38. The summed E-state index contributed by atoms with van der Waals surface area (Å²) in [5, 5.41) is 9.71. The third-order valence-electron chi connectivity index (χ3n) is 2.28. The molecule has 1 aromatic rings. The molecule has 18 heavy (non-hydrogen) atoms. The van der Waals surface area contributed by atoms with E-state index in [9.17, 15) is 18.3 Å². The number of rotatable bonds is 6. The number of hydrogen-bond acceptors (Lipinski definition) is 3. The van der Waals surface area contributed by atoms with Crippen molar-refractivity contribution >= 4 is 0 Å². The van der Waals surface area contributed by atoms with Crippen LogP contribution in [-0.4, -0.2) is 31.6 Å². The Bertz CT molecular complexity index is 366. The second kappa shape index (κ2) is 6.61. The van der Waals surface area contributed by atoms with Gasteiger partial charge in [-0.3, -0.25) is 0 Å². The molecule has 0 bridgehead atoms. The van der Waals surface area contributed by atoms with Crippen LogP contribution in [0.15, 0.2) is 24.3 Å². The van der Waals surface area contributed by atoms with Crippen molar-refractivity contribution in [2.45, 2.75) is 18.7 Å². The van der Waals surface area contributed by atoms with Gasteiger partial charge in [0.05, 0.1) is 26.7 Å². The number of hydrogen-bond donors (Lipinski definition) is 1. The van der Waals surface area contributed by atoms with Crippen LogP contribution in [0.1, 0.15) is 18.1 Å². The summed E-state index contributed by atoms with van der Waals surface area (Å²) in [6, 6.07) is 6.66. The van der Waals surface area contributed by atoms with E-state index >= 15 is 0 Å². The lowest BCUT2D eigenvalue weighted by Crippen LogP contribution is -2.14. The van der Waals surface area contributed by atoms with E-state index in [0.29, 0.717) is 11.3 Å². The van der Waals surface area contributed by atoms with E-state index in [0.717, 1.165) is 0 Å². The Labute approximate surface area is 103 Å². The smallest absolute Gasteiger partial charge is 0.391 e. The number of alkyl halides is 3. The molecule has 0 amide bonds. The van der Waals surface area contributed by atoms with Crippen LogP contribution >= 0.6 is 0 Å². The molecule has 1 aromatic carbocycles. The minimum Gasteiger partial charge on any atom is -0.497 e. The Morgan fingerprint density at radius 2 is 2.06 bits per heavy atom. The van der Waals surface area contributed by atoms with E-state index in [-0.39, 0.29) is 6.61 Å². The first-order valence-electron chi connectivity index (χ1n) is 5.39. The monoisotopic (exact) mass is 264 g/mol. The quantitative estimate of drug-likeness (QED) is 0.803. The average molecular weight is 264 g/mol. The van der Waals surface area contributed by atoms with Crippen molar-refractivity contribution in [2.75, 3.05) is 20.3 Å². The third-order valence-corrected chi connectivity index (χ3v) is 2.28. The van der Waals surface area contributed by atoms with E-state index in [1.165, 1.54) is 7.11 Å². The molecule has 1 unspecified atom stereocenters. The van der Waals surface area contributed by atoms with Crippen molar-refractivity contribution < 1.29 is 27.8 Å². The third kappa shape index (κ3) is 5.37. The molecule has 0 fully saturated rings. The van der Waals surface area contributed by atoms with Crippen molar-refractivity contribution in [2.24, 2.45) is 0 Å². The second-order valence-electron chi connectivity index (χ2n) is 3.73. The maximum absolute atomic E-state index is 11.8. The Morgan fingerprint density at radius 3 is 2.67 bits per heavy atom. The summed E-state index contributed by atoms with van der Waals surface area (Å²) in [5.41, 5.74) is 0.543. The second-order valence-corrected chi connectivity index (χ2v) is 3.73. The molecule has 0 aliphatic heterocycles. The highest BCUT2D eigenvalue weighted by atomic mass is 19.4. The molecule has 0 aliphatic rings. The minimum atomic E-state index is -4.24. The maximum atomic E-state index is 11.8. The standard InChI is InChI=1S/C12H15F3O3/c1-17-10-4-2-3-9(7-10)11(16)8-18-6-5-12(13,14)15/h2-4,7,11,16H,5-6,8H2,1H3. The van der Waals surface area contributed by atoms with Crippen LogP contribution in [0.3, 0.4) is 0 Å². The van der Waals surface area contributed by atoms with Crippen molar-refractivity contribution in [3.63, 3.8) is 0 Å². The van der Waals surface area contributed by atoms with Crippen LogP contribution in [0.2, 0.25) is 0 Å². The number of methoxy groups -OCH3 is 1. The molecule has 0 aliphatic carbocycles. The SMILES string of the molecule is COc1cccc(C(O)COCCC(F)(F)F)c1. The Morgan fingerprint density at radius 1 is 1.33 bits per heavy atom. The summed E-state index contributed by atoms with van der Waals surface area (Å²) in [5.74, 6) is 0.571. The maximum Gasteiger partial charge on any atom is 0.391 e. The zero-order valence-corrected chi connectivity index (χ0v) is 9.91. The van der Waals surface area contributed by atoms with Crippen LogP contribution < -0.4 is 4.74 Å². The number of benzene rings is 1. The van der Waals surface area contributed by atoms with E-state index < -0.39 is 25.3 Å². The fourth-order valence-electron chi connectivity index (χ4n) is 1.33. The van der Waals surface area contributed by atoms with Gasteiger partial charge in [-0.1, -0.05) is 12.1 Å². The predicted molar refractivity (Wildman–Crippen MR) is 59.4 cm³/mol. The highest BCUT2D eigenvalue weighted by Gasteiger charge is 2.26. The molecule has 3 nitrogen and oxygen atoms in total. The molecule has 0 heterocycles. The Hall–Kier alpha value is -1.27. The molecule has 6 heteroatoms.